The Balaban J connectivity index is 1.81. The van der Waals surface area contributed by atoms with E-state index >= 15 is 0 Å². The second-order valence-corrected chi connectivity index (χ2v) is 13.4. The van der Waals surface area contributed by atoms with Crippen molar-refractivity contribution >= 4 is 33.2 Å². The second-order valence-electron chi connectivity index (χ2n) is 11.6. The van der Waals surface area contributed by atoms with Gasteiger partial charge in [0.25, 0.3) is 15.7 Å². The highest BCUT2D eigenvalue weighted by atomic mass is 32.2. The van der Waals surface area contributed by atoms with Crippen LogP contribution in [0.5, 0.6) is 0 Å². The van der Waals surface area contributed by atoms with Gasteiger partial charge in [-0.3, -0.25) is 24.0 Å². The van der Waals surface area contributed by atoms with Crippen LogP contribution in [0.4, 0.5) is 11.4 Å². The summed E-state index contributed by atoms with van der Waals surface area (Å²) in [5.41, 5.74) is 0.808. The standard InChI is InChI=1S/C34H36N4O6S/c1-34(2,3)35-33(40)31(23-26-13-7-4-8-14-26)36(24-27-15-9-5-10-16-27)32(39)25-37(28-19-21-29(22-20-28)38(41)42)45(43,44)30-17-11-6-12-18-30/h4-22,31H,23-25H2,1-3H3,(H,35,40)/t31-/m1/s1. The fourth-order valence-electron chi connectivity index (χ4n) is 4.78. The molecule has 2 amide bonds. The highest BCUT2D eigenvalue weighted by Crippen LogP contribution is 2.27. The molecule has 0 aromatic heterocycles. The van der Waals surface area contributed by atoms with E-state index in [1.54, 1.807) is 18.2 Å². The lowest BCUT2D eigenvalue weighted by Crippen LogP contribution is -2.56. The molecule has 0 aliphatic rings. The number of rotatable bonds is 12. The number of carbonyl (C=O) groups is 2. The number of sulfonamides is 1. The first-order chi connectivity index (χ1) is 21.3. The van der Waals surface area contributed by atoms with Crippen LogP contribution in [-0.2, 0) is 32.6 Å². The van der Waals surface area contributed by atoms with Gasteiger partial charge in [0, 0.05) is 30.6 Å². The van der Waals surface area contributed by atoms with Crippen LogP contribution < -0.4 is 9.62 Å². The second kappa shape index (κ2) is 14.2. The molecular weight excluding hydrogens is 592 g/mol. The molecule has 4 rings (SSSR count). The van der Waals surface area contributed by atoms with E-state index < -0.39 is 39.0 Å². The Bertz CT molecular complexity index is 1710. The fourth-order valence-corrected chi connectivity index (χ4v) is 6.21. The van der Waals surface area contributed by atoms with Crippen LogP contribution in [0.15, 0.2) is 120 Å². The monoisotopic (exact) mass is 628 g/mol. The van der Waals surface area contributed by atoms with Crippen LogP contribution in [0.2, 0.25) is 0 Å². The first-order valence-electron chi connectivity index (χ1n) is 14.4. The Morgan fingerprint density at radius 1 is 0.800 bits per heavy atom. The van der Waals surface area contributed by atoms with Gasteiger partial charge < -0.3 is 10.2 Å². The number of non-ortho nitro benzene ring substituents is 1. The number of nitro groups is 1. The van der Waals surface area contributed by atoms with Gasteiger partial charge in [-0.2, -0.15) is 0 Å². The Morgan fingerprint density at radius 2 is 1.31 bits per heavy atom. The number of nitrogens with one attached hydrogen (secondary N) is 1. The number of hydrogen-bond donors (Lipinski definition) is 1. The molecule has 0 unspecified atom stereocenters. The number of anilines is 1. The summed E-state index contributed by atoms with van der Waals surface area (Å²) in [5, 5.41) is 14.3. The van der Waals surface area contributed by atoms with Crippen molar-refractivity contribution in [2.24, 2.45) is 0 Å². The summed E-state index contributed by atoms with van der Waals surface area (Å²) in [6, 6.07) is 30.0. The average Bonchev–Trinajstić information content (AvgIpc) is 3.02. The largest absolute Gasteiger partial charge is 0.350 e. The molecule has 0 radical (unpaired) electrons. The third kappa shape index (κ3) is 8.76. The van der Waals surface area contributed by atoms with Crippen LogP contribution in [0, 0.1) is 10.1 Å². The van der Waals surface area contributed by atoms with Crippen LogP contribution in [0.25, 0.3) is 0 Å². The fraction of sp³-hybridized carbons (Fsp3) is 0.235. The van der Waals surface area contributed by atoms with Crippen LogP contribution in [0.1, 0.15) is 31.9 Å². The molecule has 0 aliphatic carbocycles. The van der Waals surface area contributed by atoms with Gasteiger partial charge >= 0.3 is 0 Å². The molecule has 0 bridgehead atoms. The van der Waals surface area contributed by atoms with Gasteiger partial charge in [0.15, 0.2) is 0 Å². The van der Waals surface area contributed by atoms with E-state index in [0.29, 0.717) is 0 Å². The molecule has 234 valence electrons. The predicted octanol–water partition coefficient (Wildman–Crippen LogP) is 5.34. The SMILES string of the molecule is CC(C)(C)NC(=O)[C@@H](Cc1ccccc1)N(Cc1ccccc1)C(=O)CN(c1ccc([N+](=O)[O-])cc1)S(=O)(=O)c1ccccc1. The molecule has 1 N–H and O–H groups in total. The summed E-state index contributed by atoms with van der Waals surface area (Å²) in [6.45, 7) is 4.91. The Kier molecular flexibility index (Phi) is 10.4. The lowest BCUT2D eigenvalue weighted by atomic mass is 10.0. The summed E-state index contributed by atoms with van der Waals surface area (Å²) in [6.07, 6.45) is 0.185. The molecule has 0 spiro atoms. The molecule has 0 saturated carbocycles. The van der Waals surface area contributed by atoms with Crippen molar-refractivity contribution < 1.29 is 22.9 Å². The van der Waals surface area contributed by atoms with Crippen molar-refractivity contribution in [3.8, 4) is 0 Å². The zero-order chi connectivity index (χ0) is 32.6. The topological polar surface area (TPSA) is 130 Å². The smallest absolute Gasteiger partial charge is 0.269 e. The first-order valence-corrected chi connectivity index (χ1v) is 15.8. The zero-order valence-corrected chi connectivity index (χ0v) is 26.2. The summed E-state index contributed by atoms with van der Waals surface area (Å²) in [7, 11) is -4.31. The molecule has 10 nitrogen and oxygen atoms in total. The van der Waals surface area contributed by atoms with Crippen molar-refractivity contribution in [2.75, 3.05) is 10.8 Å². The highest BCUT2D eigenvalue weighted by Gasteiger charge is 2.35. The third-order valence-corrected chi connectivity index (χ3v) is 8.71. The molecule has 1 atom stereocenters. The van der Waals surface area contributed by atoms with Gasteiger partial charge in [0.1, 0.15) is 12.6 Å². The van der Waals surface area contributed by atoms with Gasteiger partial charge in [-0.05, 0) is 56.2 Å². The molecule has 0 fully saturated rings. The number of amides is 2. The number of nitro benzene ring substituents is 1. The van der Waals surface area contributed by atoms with Crippen molar-refractivity contribution in [3.63, 3.8) is 0 Å². The van der Waals surface area contributed by atoms with Gasteiger partial charge in [-0.25, -0.2) is 8.42 Å². The first kappa shape index (κ1) is 32.9. The predicted molar refractivity (Wildman–Crippen MR) is 173 cm³/mol. The molecule has 0 aliphatic heterocycles. The molecule has 45 heavy (non-hydrogen) atoms. The Labute approximate surface area is 263 Å². The lowest BCUT2D eigenvalue weighted by Gasteiger charge is -2.35. The van der Waals surface area contributed by atoms with Crippen molar-refractivity contribution in [1.29, 1.82) is 0 Å². The van der Waals surface area contributed by atoms with E-state index in [4.69, 9.17) is 0 Å². The Hall–Kier alpha value is -5.03. The van der Waals surface area contributed by atoms with Crippen LogP contribution in [0.3, 0.4) is 0 Å². The van der Waals surface area contributed by atoms with E-state index in [9.17, 15) is 28.1 Å². The summed E-state index contributed by atoms with van der Waals surface area (Å²) >= 11 is 0. The zero-order valence-electron chi connectivity index (χ0n) is 25.4. The van der Waals surface area contributed by atoms with Gasteiger partial charge in [0.05, 0.1) is 15.5 Å². The third-order valence-electron chi connectivity index (χ3n) is 6.92. The minimum Gasteiger partial charge on any atom is -0.350 e. The summed E-state index contributed by atoms with van der Waals surface area (Å²) in [5.74, 6) is -1.01. The quantitative estimate of drug-likeness (QED) is 0.166. The maximum atomic E-state index is 14.4. The molecule has 11 heteroatoms. The van der Waals surface area contributed by atoms with Gasteiger partial charge in [-0.1, -0.05) is 78.9 Å². The van der Waals surface area contributed by atoms with Crippen molar-refractivity contribution in [2.45, 2.75) is 50.2 Å². The molecule has 0 heterocycles. The number of nitrogens with zero attached hydrogens (tertiary/aromatic N) is 3. The van der Waals surface area contributed by atoms with Crippen molar-refractivity contribution in [1.82, 2.24) is 10.2 Å². The lowest BCUT2D eigenvalue weighted by molar-refractivity contribution is -0.384. The van der Waals surface area contributed by atoms with Gasteiger partial charge in [0.2, 0.25) is 11.8 Å². The molecular formula is C34H36N4O6S. The Morgan fingerprint density at radius 3 is 1.82 bits per heavy atom. The maximum Gasteiger partial charge on any atom is 0.269 e. The van der Waals surface area contributed by atoms with Crippen LogP contribution >= 0.6 is 0 Å². The minimum absolute atomic E-state index is 0.0359. The van der Waals surface area contributed by atoms with Gasteiger partial charge in [-0.15, -0.1) is 0 Å². The van der Waals surface area contributed by atoms with E-state index in [1.165, 1.54) is 41.3 Å². The minimum atomic E-state index is -4.31. The molecule has 0 saturated heterocycles. The number of carbonyl (C=O) groups excluding carboxylic acids is 2. The highest BCUT2D eigenvalue weighted by molar-refractivity contribution is 7.92. The average molecular weight is 629 g/mol. The normalized spacial score (nSPS) is 12.2. The van der Waals surface area contributed by atoms with Crippen molar-refractivity contribution in [3.05, 3.63) is 137 Å². The maximum absolute atomic E-state index is 14.4. The van der Waals surface area contributed by atoms with E-state index in [2.05, 4.69) is 5.32 Å². The summed E-state index contributed by atoms with van der Waals surface area (Å²) in [4.78, 5) is 40.4. The van der Waals surface area contributed by atoms with E-state index in [-0.39, 0.29) is 35.1 Å². The van der Waals surface area contributed by atoms with E-state index in [1.807, 2.05) is 81.4 Å². The number of benzene rings is 4. The van der Waals surface area contributed by atoms with E-state index in [0.717, 1.165) is 15.4 Å². The van der Waals surface area contributed by atoms with Crippen LogP contribution in [-0.4, -0.2) is 48.2 Å². The summed E-state index contributed by atoms with van der Waals surface area (Å²) < 4.78 is 28.9. The number of hydrogen-bond acceptors (Lipinski definition) is 6. The molecule has 4 aromatic carbocycles. The molecule has 4 aromatic rings.